The lowest BCUT2D eigenvalue weighted by molar-refractivity contribution is 0.531. The third kappa shape index (κ3) is 3.72. The maximum absolute atomic E-state index is 14.1. The molecule has 0 spiro atoms. The van der Waals surface area contributed by atoms with Crippen LogP contribution in [0.5, 0.6) is 0 Å². The summed E-state index contributed by atoms with van der Waals surface area (Å²) in [5, 5.41) is 4.63. The Labute approximate surface area is 127 Å². The van der Waals surface area contributed by atoms with Crippen LogP contribution in [0.4, 0.5) is 4.39 Å². The molecule has 1 aromatic heterocycles. The monoisotopic (exact) mass is 310 g/mol. The third-order valence-electron chi connectivity index (χ3n) is 2.87. The first-order valence-corrected chi connectivity index (χ1v) is 7.62. The van der Waals surface area contributed by atoms with Gasteiger partial charge in [0.1, 0.15) is 10.8 Å². The van der Waals surface area contributed by atoms with Gasteiger partial charge >= 0.3 is 0 Å². The lowest BCUT2D eigenvalue weighted by atomic mass is 10.1. The molecular formula is C15H16ClFN2S. The molecule has 1 aromatic carbocycles. The summed E-state index contributed by atoms with van der Waals surface area (Å²) >= 11 is 7.26. The molecule has 0 amide bonds. The van der Waals surface area contributed by atoms with Crippen LogP contribution in [0.25, 0.3) is 0 Å². The van der Waals surface area contributed by atoms with Crippen LogP contribution in [0.1, 0.15) is 25.5 Å². The summed E-state index contributed by atoms with van der Waals surface area (Å²) in [7, 11) is 0. The standard InChI is InChI=1S/C15H16ClFN2S/c1-3-18-10(2)15-12(17)5-4-6-13(15)20-14-8-7-11(16)9-19-14/h4-10,18H,3H2,1-2H3. The van der Waals surface area contributed by atoms with E-state index in [2.05, 4.69) is 10.3 Å². The van der Waals surface area contributed by atoms with Crippen LogP contribution in [0.3, 0.4) is 0 Å². The Balaban J connectivity index is 2.31. The molecule has 5 heteroatoms. The second-order valence-electron chi connectivity index (χ2n) is 4.35. The minimum absolute atomic E-state index is 0.0454. The molecule has 20 heavy (non-hydrogen) atoms. The Morgan fingerprint density at radius 1 is 1.35 bits per heavy atom. The topological polar surface area (TPSA) is 24.9 Å². The van der Waals surface area contributed by atoms with Crippen molar-refractivity contribution in [2.75, 3.05) is 6.54 Å². The van der Waals surface area contributed by atoms with E-state index < -0.39 is 0 Å². The zero-order valence-electron chi connectivity index (χ0n) is 11.4. The molecule has 2 nitrogen and oxygen atoms in total. The lowest BCUT2D eigenvalue weighted by Gasteiger charge is -2.17. The molecule has 1 atom stereocenters. The van der Waals surface area contributed by atoms with E-state index in [0.717, 1.165) is 16.5 Å². The number of benzene rings is 1. The quantitative estimate of drug-likeness (QED) is 0.866. The van der Waals surface area contributed by atoms with Crippen molar-refractivity contribution in [1.82, 2.24) is 10.3 Å². The Bertz CT molecular complexity index is 575. The molecule has 0 aliphatic carbocycles. The molecule has 0 aliphatic rings. The van der Waals surface area contributed by atoms with Gasteiger partial charge in [0.15, 0.2) is 0 Å². The minimum atomic E-state index is -0.197. The number of aromatic nitrogens is 1. The number of halogens is 2. The average molecular weight is 311 g/mol. The highest BCUT2D eigenvalue weighted by Gasteiger charge is 2.16. The van der Waals surface area contributed by atoms with Gasteiger partial charge in [-0.1, -0.05) is 36.4 Å². The van der Waals surface area contributed by atoms with Gasteiger partial charge in [-0.25, -0.2) is 9.37 Å². The Hall–Kier alpha value is -1.10. The summed E-state index contributed by atoms with van der Waals surface area (Å²) in [6.45, 7) is 4.75. The fourth-order valence-electron chi connectivity index (χ4n) is 1.97. The zero-order chi connectivity index (χ0) is 14.5. The van der Waals surface area contributed by atoms with E-state index in [1.807, 2.05) is 26.0 Å². The van der Waals surface area contributed by atoms with Gasteiger partial charge in [0.25, 0.3) is 0 Å². The van der Waals surface area contributed by atoms with Crippen molar-refractivity contribution in [2.45, 2.75) is 29.8 Å². The third-order valence-corrected chi connectivity index (χ3v) is 4.12. The van der Waals surface area contributed by atoms with Crippen molar-refractivity contribution in [2.24, 2.45) is 0 Å². The number of nitrogens with one attached hydrogen (secondary N) is 1. The van der Waals surface area contributed by atoms with Crippen molar-refractivity contribution in [1.29, 1.82) is 0 Å². The normalized spacial score (nSPS) is 12.4. The van der Waals surface area contributed by atoms with Crippen LogP contribution in [0, 0.1) is 5.82 Å². The number of pyridine rings is 1. The Morgan fingerprint density at radius 3 is 2.80 bits per heavy atom. The Kier molecular flexibility index (Phi) is 5.40. The number of hydrogen-bond donors (Lipinski definition) is 1. The van der Waals surface area contributed by atoms with E-state index >= 15 is 0 Å². The molecule has 0 saturated heterocycles. The molecule has 0 fully saturated rings. The smallest absolute Gasteiger partial charge is 0.129 e. The van der Waals surface area contributed by atoms with Crippen LogP contribution in [-0.4, -0.2) is 11.5 Å². The van der Waals surface area contributed by atoms with Gasteiger partial charge in [-0.2, -0.15) is 0 Å². The van der Waals surface area contributed by atoms with Gasteiger partial charge in [-0.15, -0.1) is 0 Å². The molecule has 0 bridgehead atoms. The van der Waals surface area contributed by atoms with Crippen LogP contribution in [0.2, 0.25) is 5.02 Å². The summed E-state index contributed by atoms with van der Waals surface area (Å²) < 4.78 is 14.1. The van der Waals surface area contributed by atoms with Crippen LogP contribution in [-0.2, 0) is 0 Å². The van der Waals surface area contributed by atoms with E-state index in [-0.39, 0.29) is 11.9 Å². The Morgan fingerprint density at radius 2 is 2.15 bits per heavy atom. The van der Waals surface area contributed by atoms with E-state index in [9.17, 15) is 4.39 Å². The summed E-state index contributed by atoms with van der Waals surface area (Å²) in [4.78, 5) is 5.11. The molecular weight excluding hydrogens is 295 g/mol. The molecule has 0 aliphatic heterocycles. The van der Waals surface area contributed by atoms with Crippen molar-refractivity contribution in [3.63, 3.8) is 0 Å². The molecule has 1 unspecified atom stereocenters. The number of rotatable bonds is 5. The van der Waals surface area contributed by atoms with Crippen LogP contribution in [0.15, 0.2) is 46.5 Å². The second kappa shape index (κ2) is 7.07. The zero-order valence-corrected chi connectivity index (χ0v) is 12.9. The molecule has 0 radical (unpaired) electrons. The van der Waals surface area contributed by atoms with E-state index in [1.165, 1.54) is 17.8 Å². The highest BCUT2D eigenvalue weighted by Crippen LogP contribution is 2.34. The minimum Gasteiger partial charge on any atom is -0.310 e. The SMILES string of the molecule is CCNC(C)c1c(F)cccc1Sc1ccc(Cl)cn1. The van der Waals surface area contributed by atoms with Crippen molar-refractivity contribution in [3.05, 3.63) is 52.9 Å². The largest absolute Gasteiger partial charge is 0.310 e. The predicted octanol–water partition coefficient (Wildman–Crippen LogP) is 4.70. The first kappa shape index (κ1) is 15.3. The van der Waals surface area contributed by atoms with Gasteiger partial charge in [-0.3, -0.25) is 0 Å². The molecule has 0 saturated carbocycles. The average Bonchev–Trinajstić information content (AvgIpc) is 2.42. The number of hydrogen-bond acceptors (Lipinski definition) is 3. The van der Waals surface area contributed by atoms with E-state index in [1.54, 1.807) is 18.3 Å². The van der Waals surface area contributed by atoms with Crippen molar-refractivity contribution in [3.8, 4) is 0 Å². The lowest BCUT2D eigenvalue weighted by Crippen LogP contribution is -2.19. The van der Waals surface area contributed by atoms with Gasteiger partial charge in [0, 0.05) is 22.7 Å². The van der Waals surface area contributed by atoms with Gasteiger partial charge in [0.05, 0.1) is 5.02 Å². The summed E-state index contributed by atoms with van der Waals surface area (Å²) in [5.41, 5.74) is 0.677. The van der Waals surface area contributed by atoms with Gasteiger partial charge in [0.2, 0.25) is 0 Å². The summed E-state index contributed by atoms with van der Waals surface area (Å²) in [5.74, 6) is -0.197. The van der Waals surface area contributed by atoms with E-state index in [4.69, 9.17) is 11.6 Å². The molecule has 106 valence electrons. The second-order valence-corrected chi connectivity index (χ2v) is 5.85. The van der Waals surface area contributed by atoms with Gasteiger partial charge in [-0.05, 0) is 37.7 Å². The fraction of sp³-hybridized carbons (Fsp3) is 0.267. The summed E-state index contributed by atoms with van der Waals surface area (Å²) in [6, 6.07) is 8.69. The van der Waals surface area contributed by atoms with Crippen LogP contribution < -0.4 is 5.32 Å². The molecule has 1 heterocycles. The van der Waals surface area contributed by atoms with Crippen LogP contribution >= 0.6 is 23.4 Å². The highest BCUT2D eigenvalue weighted by atomic mass is 35.5. The maximum Gasteiger partial charge on any atom is 0.129 e. The molecule has 2 rings (SSSR count). The molecule has 1 N–H and O–H groups in total. The highest BCUT2D eigenvalue weighted by molar-refractivity contribution is 7.99. The first-order valence-electron chi connectivity index (χ1n) is 6.43. The van der Waals surface area contributed by atoms with E-state index in [0.29, 0.717) is 10.6 Å². The number of nitrogens with zero attached hydrogens (tertiary/aromatic N) is 1. The summed E-state index contributed by atoms with van der Waals surface area (Å²) in [6.07, 6.45) is 1.59. The molecule has 2 aromatic rings. The first-order chi connectivity index (χ1) is 9.61. The predicted molar refractivity (Wildman–Crippen MR) is 81.9 cm³/mol. The van der Waals surface area contributed by atoms with Crippen molar-refractivity contribution < 1.29 is 4.39 Å². The van der Waals surface area contributed by atoms with Crippen molar-refractivity contribution >= 4 is 23.4 Å². The maximum atomic E-state index is 14.1. The fourth-order valence-corrected chi connectivity index (χ4v) is 3.08. The van der Waals surface area contributed by atoms with Gasteiger partial charge < -0.3 is 5.32 Å².